The van der Waals surface area contributed by atoms with Crippen LogP contribution in [-0.2, 0) is 20.9 Å². The van der Waals surface area contributed by atoms with E-state index in [1.807, 2.05) is 38.4 Å². The number of hydrogen-bond acceptors (Lipinski definition) is 5. The molecule has 0 aromatic heterocycles. The van der Waals surface area contributed by atoms with Crippen molar-refractivity contribution in [3.63, 3.8) is 0 Å². The van der Waals surface area contributed by atoms with Gasteiger partial charge in [-0.3, -0.25) is 19.2 Å². The zero-order valence-electron chi connectivity index (χ0n) is 21.3. The molecule has 0 heterocycles. The first-order valence-electron chi connectivity index (χ1n) is 12.0. The number of nitrogens with one attached hydrogen (secondary N) is 2. The summed E-state index contributed by atoms with van der Waals surface area (Å²) in [6.07, 6.45) is 1.33. The zero-order chi connectivity index (χ0) is 26.4. The van der Waals surface area contributed by atoms with Gasteiger partial charge in [0.05, 0.1) is 6.04 Å². The van der Waals surface area contributed by atoms with Gasteiger partial charge in [-0.2, -0.15) is 0 Å². The summed E-state index contributed by atoms with van der Waals surface area (Å²) in [4.78, 5) is 52.5. The number of nitrogens with zero attached hydrogens (tertiary/aromatic N) is 2. The average Bonchev–Trinajstić information content (AvgIpc) is 2.84. The lowest BCUT2D eigenvalue weighted by Gasteiger charge is -2.37. The van der Waals surface area contributed by atoms with Crippen molar-refractivity contribution >= 4 is 23.6 Å². The van der Waals surface area contributed by atoms with E-state index in [4.69, 9.17) is 5.73 Å². The molecule has 3 rings (SSSR count). The van der Waals surface area contributed by atoms with E-state index in [9.17, 15) is 19.2 Å². The van der Waals surface area contributed by atoms with Crippen LogP contribution in [0.2, 0.25) is 0 Å². The van der Waals surface area contributed by atoms with Gasteiger partial charge in [-0.1, -0.05) is 36.4 Å². The molecule has 0 bridgehead atoms. The smallest absolute Gasteiger partial charge is 0.309 e. The van der Waals surface area contributed by atoms with Crippen LogP contribution in [-0.4, -0.2) is 73.7 Å². The molecule has 4 N–H and O–H groups in total. The molecule has 4 amide bonds. The minimum absolute atomic E-state index is 0.0327. The van der Waals surface area contributed by atoms with Crippen LogP contribution in [0.15, 0.2) is 48.5 Å². The van der Waals surface area contributed by atoms with Crippen molar-refractivity contribution in [1.29, 1.82) is 0 Å². The van der Waals surface area contributed by atoms with E-state index >= 15 is 0 Å². The third-order valence-electron chi connectivity index (χ3n) is 6.46. The monoisotopic (exact) mass is 493 g/mol. The average molecular weight is 494 g/mol. The Bertz CT molecular complexity index is 1110. The Kier molecular flexibility index (Phi) is 8.82. The molecule has 2 aromatic carbocycles. The zero-order valence-corrected chi connectivity index (χ0v) is 21.3. The van der Waals surface area contributed by atoms with E-state index in [2.05, 4.69) is 27.7 Å². The fraction of sp³-hybridized carbons (Fsp3) is 0.407. The Morgan fingerprint density at radius 3 is 2.17 bits per heavy atom. The predicted octanol–water partition coefficient (Wildman–Crippen LogP) is 1.37. The van der Waals surface area contributed by atoms with Gasteiger partial charge in [0.15, 0.2) is 0 Å². The lowest BCUT2D eigenvalue weighted by molar-refractivity contribution is -0.138. The van der Waals surface area contributed by atoms with Crippen molar-refractivity contribution in [2.75, 3.05) is 28.2 Å². The highest BCUT2D eigenvalue weighted by Crippen LogP contribution is 2.28. The summed E-state index contributed by atoms with van der Waals surface area (Å²) in [5, 5.41) is 5.58. The molecule has 1 saturated carbocycles. The number of carbonyl (C=O) groups is 4. The molecule has 1 fully saturated rings. The molecule has 0 saturated heterocycles. The van der Waals surface area contributed by atoms with E-state index in [0.29, 0.717) is 24.8 Å². The molecule has 9 heteroatoms. The first-order chi connectivity index (χ1) is 17.1. The molecule has 9 nitrogen and oxygen atoms in total. The molecule has 0 aliphatic heterocycles. The standard InChI is InChI=1S/C27H35N5O4/c1-31(2)16-20-7-5-6-8-21(20)17-9-11-18(12-10-17)25(34)30-23-15-19(27(36)32(3)4)13-14-22(23)29-26(35)24(28)33/h5-12,19,22-23H,13-16H2,1-4H3,(H2,28,33)(H,29,35)(H,30,34)/t19-,22-,23+/m0/s1. The normalized spacial score (nSPS) is 19.4. The van der Waals surface area contributed by atoms with Gasteiger partial charge in [-0.15, -0.1) is 0 Å². The Labute approximate surface area is 212 Å². The maximum Gasteiger partial charge on any atom is 0.309 e. The Morgan fingerprint density at radius 2 is 1.56 bits per heavy atom. The first kappa shape index (κ1) is 26.9. The fourth-order valence-corrected chi connectivity index (χ4v) is 4.67. The second kappa shape index (κ2) is 11.8. The second-order valence-electron chi connectivity index (χ2n) is 9.74. The molecule has 192 valence electrons. The van der Waals surface area contributed by atoms with Gasteiger partial charge in [0, 0.05) is 38.2 Å². The molecule has 3 atom stereocenters. The maximum absolute atomic E-state index is 13.1. The highest BCUT2D eigenvalue weighted by molar-refractivity contribution is 6.34. The van der Waals surface area contributed by atoms with E-state index in [1.165, 1.54) is 10.5 Å². The third-order valence-corrected chi connectivity index (χ3v) is 6.46. The van der Waals surface area contributed by atoms with Gasteiger partial charge >= 0.3 is 11.8 Å². The second-order valence-corrected chi connectivity index (χ2v) is 9.74. The van der Waals surface area contributed by atoms with Crippen LogP contribution in [0.4, 0.5) is 0 Å². The molecule has 1 aliphatic carbocycles. The molecule has 0 radical (unpaired) electrons. The Hall–Kier alpha value is -3.72. The van der Waals surface area contributed by atoms with Crippen LogP contribution in [0.3, 0.4) is 0 Å². The van der Waals surface area contributed by atoms with Crippen molar-refractivity contribution in [3.05, 3.63) is 59.7 Å². The topological polar surface area (TPSA) is 125 Å². The fourth-order valence-electron chi connectivity index (χ4n) is 4.67. The van der Waals surface area contributed by atoms with Crippen LogP contribution in [0, 0.1) is 5.92 Å². The molecule has 0 spiro atoms. The quantitative estimate of drug-likeness (QED) is 0.503. The molecule has 1 aliphatic rings. The van der Waals surface area contributed by atoms with E-state index in [0.717, 1.165) is 17.7 Å². The number of hydrogen-bond donors (Lipinski definition) is 3. The van der Waals surface area contributed by atoms with Crippen LogP contribution >= 0.6 is 0 Å². The van der Waals surface area contributed by atoms with Crippen LogP contribution < -0.4 is 16.4 Å². The summed E-state index contributed by atoms with van der Waals surface area (Å²) in [7, 11) is 7.42. The van der Waals surface area contributed by atoms with Crippen molar-refractivity contribution in [3.8, 4) is 11.1 Å². The van der Waals surface area contributed by atoms with E-state index in [1.54, 1.807) is 26.2 Å². The van der Waals surface area contributed by atoms with Crippen molar-refractivity contribution in [2.24, 2.45) is 11.7 Å². The largest absolute Gasteiger partial charge is 0.361 e. The Balaban J connectivity index is 1.77. The number of benzene rings is 2. The van der Waals surface area contributed by atoms with E-state index in [-0.39, 0.29) is 17.7 Å². The van der Waals surface area contributed by atoms with Crippen LogP contribution in [0.5, 0.6) is 0 Å². The highest BCUT2D eigenvalue weighted by Gasteiger charge is 2.36. The first-order valence-corrected chi connectivity index (χ1v) is 12.0. The van der Waals surface area contributed by atoms with Gasteiger partial charge in [-0.25, -0.2) is 0 Å². The van der Waals surface area contributed by atoms with Gasteiger partial charge in [-0.05, 0) is 62.2 Å². The molecule has 0 unspecified atom stereocenters. The number of nitrogens with two attached hydrogens (primary N) is 1. The molecule has 2 aromatic rings. The summed E-state index contributed by atoms with van der Waals surface area (Å²) < 4.78 is 0. The summed E-state index contributed by atoms with van der Waals surface area (Å²) >= 11 is 0. The highest BCUT2D eigenvalue weighted by atomic mass is 16.2. The van der Waals surface area contributed by atoms with Crippen LogP contribution in [0.25, 0.3) is 11.1 Å². The maximum atomic E-state index is 13.1. The molecular formula is C27H35N5O4. The summed E-state index contributed by atoms with van der Waals surface area (Å²) in [5.74, 6) is -2.63. The predicted molar refractivity (Wildman–Crippen MR) is 138 cm³/mol. The minimum atomic E-state index is -1.09. The van der Waals surface area contributed by atoms with Gasteiger partial charge < -0.3 is 26.2 Å². The summed E-state index contributed by atoms with van der Waals surface area (Å²) in [5.41, 5.74) is 8.86. The summed E-state index contributed by atoms with van der Waals surface area (Å²) in [6.45, 7) is 0.797. The van der Waals surface area contributed by atoms with E-state index < -0.39 is 23.9 Å². The van der Waals surface area contributed by atoms with Gasteiger partial charge in [0.25, 0.3) is 5.91 Å². The van der Waals surface area contributed by atoms with Gasteiger partial charge in [0.1, 0.15) is 0 Å². The van der Waals surface area contributed by atoms with Crippen molar-refractivity contribution < 1.29 is 19.2 Å². The van der Waals surface area contributed by atoms with Crippen molar-refractivity contribution in [2.45, 2.75) is 37.9 Å². The number of carbonyl (C=O) groups excluding carboxylic acids is 4. The lowest BCUT2D eigenvalue weighted by atomic mass is 9.81. The third kappa shape index (κ3) is 6.69. The molecule has 36 heavy (non-hydrogen) atoms. The minimum Gasteiger partial charge on any atom is -0.361 e. The van der Waals surface area contributed by atoms with Crippen LogP contribution in [0.1, 0.15) is 35.2 Å². The summed E-state index contributed by atoms with van der Waals surface area (Å²) in [6, 6.07) is 14.5. The lowest BCUT2D eigenvalue weighted by Crippen LogP contribution is -2.57. The van der Waals surface area contributed by atoms with Crippen molar-refractivity contribution in [1.82, 2.24) is 20.4 Å². The number of amides is 4. The van der Waals surface area contributed by atoms with Gasteiger partial charge in [0.2, 0.25) is 5.91 Å². The number of primary amides is 1. The molecular weight excluding hydrogens is 458 g/mol. The number of rotatable bonds is 7. The SMILES string of the molecule is CN(C)Cc1ccccc1-c1ccc(C(=O)N[C@@H]2C[C@@H](C(=O)N(C)C)CC[C@@H]2NC(=O)C(N)=O)cc1. The Morgan fingerprint density at radius 1 is 0.889 bits per heavy atom.